The van der Waals surface area contributed by atoms with Crippen molar-refractivity contribution in [2.45, 2.75) is 63.7 Å². The molecule has 1 fully saturated rings. The molecule has 2 heteroatoms. The first kappa shape index (κ1) is 38.2. The lowest BCUT2D eigenvalue weighted by Gasteiger charge is -2.36. The first-order valence-corrected chi connectivity index (χ1v) is 23.9. The van der Waals surface area contributed by atoms with Crippen LogP contribution in [0.3, 0.4) is 0 Å². The largest absolute Gasteiger partial charge is 0.309 e. The summed E-state index contributed by atoms with van der Waals surface area (Å²) >= 11 is 1.89. The Balaban J connectivity index is 1.14. The molecule has 1 heterocycles. The molecule has 0 N–H and O–H groups in total. The van der Waals surface area contributed by atoms with Crippen molar-refractivity contribution in [3.8, 4) is 33.4 Å². The molecule has 8 aromatic carbocycles. The predicted molar refractivity (Wildman–Crippen MR) is 271 cm³/mol. The summed E-state index contributed by atoms with van der Waals surface area (Å²) in [5, 5.41) is 5.37. The maximum absolute atomic E-state index is 2.60. The van der Waals surface area contributed by atoms with Crippen LogP contribution in [-0.4, -0.2) is 0 Å². The molecule has 3 aliphatic carbocycles. The van der Waals surface area contributed by atoms with E-state index >= 15 is 0 Å². The van der Waals surface area contributed by atoms with Crippen molar-refractivity contribution >= 4 is 59.3 Å². The highest BCUT2D eigenvalue weighted by Crippen LogP contribution is 2.57. The van der Waals surface area contributed by atoms with Gasteiger partial charge in [-0.25, -0.2) is 0 Å². The van der Waals surface area contributed by atoms with Crippen LogP contribution in [0.25, 0.3) is 64.3 Å². The molecule has 12 rings (SSSR count). The van der Waals surface area contributed by atoms with Gasteiger partial charge in [-0.1, -0.05) is 183 Å². The predicted octanol–water partition coefficient (Wildman–Crippen LogP) is 17.9. The maximum atomic E-state index is 2.60. The van der Waals surface area contributed by atoms with Gasteiger partial charge in [0, 0.05) is 42.4 Å². The zero-order valence-electron chi connectivity index (χ0n) is 36.2. The zero-order chi connectivity index (χ0) is 42.1. The van der Waals surface area contributed by atoms with Gasteiger partial charge < -0.3 is 4.90 Å². The highest BCUT2D eigenvalue weighted by Gasteiger charge is 2.44. The fraction of sp³-hybridized carbons (Fsp3) is 0.180. The lowest BCUT2D eigenvalue weighted by atomic mass is 9.68. The number of nitrogens with zero attached hydrogens (tertiary/aromatic N) is 1. The third kappa shape index (κ3) is 6.10. The lowest BCUT2D eigenvalue weighted by Crippen LogP contribution is -2.28. The fourth-order valence-corrected chi connectivity index (χ4v) is 13.0. The molecule has 0 aliphatic heterocycles. The van der Waals surface area contributed by atoms with Crippen molar-refractivity contribution < 1.29 is 0 Å². The van der Waals surface area contributed by atoms with E-state index in [1.807, 2.05) is 11.3 Å². The highest BCUT2D eigenvalue weighted by molar-refractivity contribution is 7.25. The molecule has 1 saturated carbocycles. The number of thiophene rings is 1. The van der Waals surface area contributed by atoms with Crippen molar-refractivity contribution in [1.29, 1.82) is 0 Å². The van der Waals surface area contributed by atoms with Crippen LogP contribution < -0.4 is 4.90 Å². The molecule has 0 saturated heterocycles. The minimum Gasteiger partial charge on any atom is -0.309 e. The molecule has 306 valence electrons. The van der Waals surface area contributed by atoms with Crippen LogP contribution in [0.15, 0.2) is 194 Å². The van der Waals surface area contributed by atoms with Gasteiger partial charge in [0.15, 0.2) is 0 Å². The molecular formula is C61H51NS. The molecule has 0 radical (unpaired) electrons. The molecule has 2 atom stereocenters. The molecule has 63 heavy (non-hydrogen) atoms. The molecular weight excluding hydrogens is 779 g/mol. The Kier molecular flexibility index (Phi) is 9.34. The minimum atomic E-state index is -0.275. The average molecular weight is 830 g/mol. The molecule has 0 spiro atoms. The maximum Gasteiger partial charge on any atom is 0.0540 e. The lowest BCUT2D eigenvalue weighted by molar-refractivity contribution is 0.445. The quantitative estimate of drug-likeness (QED) is 0.155. The van der Waals surface area contributed by atoms with Crippen LogP contribution in [0.5, 0.6) is 0 Å². The molecule has 1 aromatic heterocycles. The van der Waals surface area contributed by atoms with E-state index in [9.17, 15) is 0 Å². The Morgan fingerprint density at radius 2 is 1.16 bits per heavy atom. The van der Waals surface area contributed by atoms with E-state index in [1.54, 1.807) is 0 Å². The standard InChI is InChI=1S/C61H51NS/c1-40-19-6-11-31-52(40)61(2)53-32-12-7-24-45(53)46-38-37-43(39-54(46)61)62(56-34-14-9-26-48(56)50-30-18-36-58-60(50)51-27-10-15-35-57(51)63-58)55-33-13-8-25-47(55)49-29-17-23-42-22-16-28-44(59(42)49)41-20-4-3-5-21-41/h6-18,22-41H,3-5,19-21H2,1-2H3. The van der Waals surface area contributed by atoms with E-state index in [4.69, 9.17) is 0 Å². The highest BCUT2D eigenvalue weighted by atomic mass is 32.1. The minimum absolute atomic E-state index is 0.275. The Hall–Kier alpha value is -6.48. The Morgan fingerprint density at radius 1 is 0.540 bits per heavy atom. The summed E-state index contributed by atoms with van der Waals surface area (Å²) in [4.78, 5) is 2.60. The van der Waals surface area contributed by atoms with Gasteiger partial charge >= 0.3 is 0 Å². The SMILES string of the molecule is CC1CC=CC=C1C1(C)c2ccccc2-c2ccc(N(c3ccccc3-c3cccc4cccc(C5CCCCC5)c34)c3ccccc3-c3cccc4sc5ccccc5c34)cc21. The summed E-state index contributed by atoms with van der Waals surface area (Å²) in [5.74, 6) is 1.02. The Bertz CT molecular complexity index is 3300. The molecule has 3 aliphatic rings. The van der Waals surface area contributed by atoms with E-state index in [1.165, 1.54) is 136 Å². The van der Waals surface area contributed by atoms with Gasteiger partial charge in [0.05, 0.1) is 11.4 Å². The van der Waals surface area contributed by atoms with Crippen LogP contribution in [0.4, 0.5) is 17.1 Å². The van der Waals surface area contributed by atoms with Crippen molar-refractivity contribution in [1.82, 2.24) is 0 Å². The number of anilines is 3. The van der Waals surface area contributed by atoms with Gasteiger partial charge in [0.25, 0.3) is 0 Å². The molecule has 0 bridgehead atoms. The number of hydrogen-bond donors (Lipinski definition) is 0. The van der Waals surface area contributed by atoms with Crippen molar-refractivity contribution in [3.63, 3.8) is 0 Å². The molecule has 9 aromatic rings. The topological polar surface area (TPSA) is 3.24 Å². The first-order valence-electron chi connectivity index (χ1n) is 23.1. The fourth-order valence-electron chi connectivity index (χ4n) is 11.9. The number of hydrogen-bond acceptors (Lipinski definition) is 2. The van der Waals surface area contributed by atoms with E-state index in [0.29, 0.717) is 11.8 Å². The van der Waals surface area contributed by atoms with E-state index in [-0.39, 0.29) is 5.41 Å². The van der Waals surface area contributed by atoms with E-state index in [2.05, 4.69) is 207 Å². The second kappa shape index (κ2) is 15.4. The number of allylic oxidation sites excluding steroid dienone is 4. The van der Waals surface area contributed by atoms with Gasteiger partial charge in [-0.3, -0.25) is 0 Å². The summed E-state index contributed by atoms with van der Waals surface area (Å²) in [6.45, 7) is 4.89. The summed E-state index contributed by atoms with van der Waals surface area (Å²) in [6.07, 6.45) is 14.6. The van der Waals surface area contributed by atoms with Crippen LogP contribution in [-0.2, 0) is 5.41 Å². The van der Waals surface area contributed by atoms with Crippen LogP contribution >= 0.6 is 11.3 Å². The first-order chi connectivity index (χ1) is 31.1. The van der Waals surface area contributed by atoms with Gasteiger partial charge in [-0.05, 0) is 124 Å². The third-order valence-corrected chi connectivity index (χ3v) is 16.0. The number of para-hydroxylation sites is 2. The monoisotopic (exact) mass is 829 g/mol. The Labute approximate surface area is 375 Å². The van der Waals surface area contributed by atoms with Crippen molar-refractivity contribution in [2.24, 2.45) is 5.92 Å². The van der Waals surface area contributed by atoms with Crippen LogP contribution in [0.2, 0.25) is 0 Å². The summed E-state index contributed by atoms with van der Waals surface area (Å²) in [6, 6.07) is 64.7. The molecule has 2 unspecified atom stereocenters. The van der Waals surface area contributed by atoms with Gasteiger partial charge in [-0.2, -0.15) is 0 Å². The normalized spacial score (nSPS) is 18.4. The average Bonchev–Trinajstić information content (AvgIpc) is 3.85. The van der Waals surface area contributed by atoms with Gasteiger partial charge in [-0.15, -0.1) is 11.3 Å². The second-order valence-corrected chi connectivity index (χ2v) is 19.4. The zero-order valence-corrected chi connectivity index (χ0v) is 37.0. The summed E-state index contributed by atoms with van der Waals surface area (Å²) in [5.41, 5.74) is 16.8. The third-order valence-electron chi connectivity index (χ3n) is 14.8. The van der Waals surface area contributed by atoms with Gasteiger partial charge in [0.1, 0.15) is 0 Å². The van der Waals surface area contributed by atoms with Crippen LogP contribution in [0, 0.1) is 5.92 Å². The summed E-state index contributed by atoms with van der Waals surface area (Å²) in [7, 11) is 0. The van der Waals surface area contributed by atoms with Crippen molar-refractivity contribution in [3.05, 3.63) is 210 Å². The van der Waals surface area contributed by atoms with E-state index in [0.717, 1.165) is 6.42 Å². The van der Waals surface area contributed by atoms with Gasteiger partial charge in [0.2, 0.25) is 0 Å². The van der Waals surface area contributed by atoms with Crippen molar-refractivity contribution in [2.75, 3.05) is 4.90 Å². The number of rotatable bonds is 7. The summed E-state index contributed by atoms with van der Waals surface area (Å²) < 4.78 is 2.64. The molecule has 1 nitrogen and oxygen atoms in total. The van der Waals surface area contributed by atoms with Crippen LogP contribution in [0.1, 0.15) is 75.0 Å². The second-order valence-electron chi connectivity index (χ2n) is 18.3. The smallest absolute Gasteiger partial charge is 0.0540 e. The van der Waals surface area contributed by atoms with E-state index < -0.39 is 0 Å². The molecule has 0 amide bonds. The Morgan fingerprint density at radius 3 is 1.94 bits per heavy atom. The number of fused-ring (bicyclic) bond motifs is 7. The number of benzene rings is 8.